The van der Waals surface area contributed by atoms with E-state index < -0.39 is 0 Å². The molecular weight excluding hydrogens is 198 g/mol. The molecule has 1 aromatic rings. The van der Waals surface area contributed by atoms with Gasteiger partial charge in [0.05, 0.1) is 0 Å². The average Bonchev–Trinajstić information content (AvgIpc) is 2.25. The van der Waals surface area contributed by atoms with Crippen LogP contribution in [0.25, 0.3) is 0 Å². The minimum Gasteiger partial charge on any atom is -0.335 e. The second-order valence-corrected chi connectivity index (χ2v) is 4.14. The Balaban J connectivity index is 2.82. The number of aryl methyl sites for hydroxylation is 1. The van der Waals surface area contributed by atoms with E-state index in [9.17, 15) is 4.79 Å². The second-order valence-electron chi connectivity index (χ2n) is 4.14. The van der Waals surface area contributed by atoms with Crippen molar-refractivity contribution >= 4 is 5.91 Å². The second kappa shape index (κ2) is 5.50. The van der Waals surface area contributed by atoms with E-state index in [0.29, 0.717) is 13.1 Å². The highest BCUT2D eigenvalue weighted by molar-refractivity contribution is 5.94. The third-order valence-electron chi connectivity index (χ3n) is 2.43. The Kier molecular flexibility index (Phi) is 4.29. The fourth-order valence-electron chi connectivity index (χ4n) is 1.53. The molecule has 2 nitrogen and oxygen atoms in total. The van der Waals surface area contributed by atoms with Crippen LogP contribution in [0, 0.1) is 6.92 Å². The zero-order valence-corrected chi connectivity index (χ0v) is 10.3. The summed E-state index contributed by atoms with van der Waals surface area (Å²) in [4.78, 5) is 13.9. The summed E-state index contributed by atoms with van der Waals surface area (Å²) in [6.07, 6.45) is 0. The average molecular weight is 217 g/mol. The minimum atomic E-state index is 0.0745. The maximum atomic E-state index is 12.1. The minimum absolute atomic E-state index is 0.0745. The molecule has 86 valence electrons. The van der Waals surface area contributed by atoms with Gasteiger partial charge in [-0.2, -0.15) is 0 Å². The molecule has 0 bridgehead atoms. The molecule has 16 heavy (non-hydrogen) atoms. The van der Waals surface area contributed by atoms with Crippen molar-refractivity contribution < 1.29 is 4.79 Å². The molecule has 0 saturated carbocycles. The third kappa shape index (κ3) is 3.23. The molecule has 1 aromatic carbocycles. The van der Waals surface area contributed by atoms with Gasteiger partial charge in [0, 0.05) is 18.7 Å². The number of rotatable bonds is 4. The van der Waals surface area contributed by atoms with Crippen molar-refractivity contribution in [3.63, 3.8) is 0 Å². The number of likely N-dealkylation sites (N-methyl/N-ethyl adjacent to an activating group) is 1. The van der Waals surface area contributed by atoms with E-state index in [1.54, 1.807) is 4.90 Å². The Labute approximate surface area is 97.6 Å². The fourth-order valence-corrected chi connectivity index (χ4v) is 1.53. The molecule has 1 rings (SSSR count). The summed E-state index contributed by atoms with van der Waals surface area (Å²) in [5.74, 6) is 0.0745. The lowest BCUT2D eigenvalue weighted by Crippen LogP contribution is -2.32. The third-order valence-corrected chi connectivity index (χ3v) is 2.43. The van der Waals surface area contributed by atoms with Crippen LogP contribution >= 0.6 is 0 Å². The lowest BCUT2D eigenvalue weighted by atomic mass is 10.1. The van der Waals surface area contributed by atoms with Crippen LogP contribution in [0.5, 0.6) is 0 Å². The van der Waals surface area contributed by atoms with Crippen LogP contribution in [-0.4, -0.2) is 23.9 Å². The fraction of sp³-hybridized carbons (Fsp3) is 0.357. The van der Waals surface area contributed by atoms with Gasteiger partial charge in [0.2, 0.25) is 0 Å². The highest BCUT2D eigenvalue weighted by Crippen LogP contribution is 2.08. The standard InChI is InChI=1S/C14H19NO/c1-5-15(10-11(2)3)14(16)13-8-6-12(4)7-9-13/h6-9H,2,5,10H2,1,3-4H3. The van der Waals surface area contributed by atoms with Crippen molar-refractivity contribution in [3.8, 4) is 0 Å². The maximum Gasteiger partial charge on any atom is 0.254 e. The lowest BCUT2D eigenvalue weighted by molar-refractivity contribution is 0.0778. The normalized spacial score (nSPS) is 9.94. The number of benzene rings is 1. The van der Waals surface area contributed by atoms with Crippen molar-refractivity contribution in [2.24, 2.45) is 0 Å². The van der Waals surface area contributed by atoms with Gasteiger partial charge in [-0.15, -0.1) is 0 Å². The predicted molar refractivity (Wildman–Crippen MR) is 67.6 cm³/mol. The zero-order valence-electron chi connectivity index (χ0n) is 10.3. The number of hydrogen-bond donors (Lipinski definition) is 0. The Morgan fingerprint density at radius 1 is 1.31 bits per heavy atom. The van der Waals surface area contributed by atoms with Gasteiger partial charge in [-0.3, -0.25) is 4.79 Å². The predicted octanol–water partition coefficient (Wildman–Crippen LogP) is 3.03. The Morgan fingerprint density at radius 2 is 1.88 bits per heavy atom. The molecule has 0 fully saturated rings. The molecule has 0 aliphatic heterocycles. The van der Waals surface area contributed by atoms with E-state index in [1.165, 1.54) is 5.56 Å². The van der Waals surface area contributed by atoms with Crippen molar-refractivity contribution in [1.29, 1.82) is 0 Å². The molecule has 1 amide bonds. The number of amides is 1. The summed E-state index contributed by atoms with van der Waals surface area (Å²) in [6, 6.07) is 7.67. The maximum absolute atomic E-state index is 12.1. The number of nitrogens with zero attached hydrogens (tertiary/aromatic N) is 1. The lowest BCUT2D eigenvalue weighted by Gasteiger charge is -2.21. The van der Waals surface area contributed by atoms with Crippen LogP contribution in [0.1, 0.15) is 29.8 Å². The van der Waals surface area contributed by atoms with Crippen molar-refractivity contribution in [1.82, 2.24) is 4.90 Å². The molecule has 0 radical (unpaired) electrons. The number of hydrogen-bond acceptors (Lipinski definition) is 1. The molecule has 0 heterocycles. The van der Waals surface area contributed by atoms with Crippen molar-refractivity contribution in [2.45, 2.75) is 20.8 Å². The van der Waals surface area contributed by atoms with E-state index in [1.807, 2.05) is 45.0 Å². The topological polar surface area (TPSA) is 20.3 Å². The molecule has 0 saturated heterocycles. The van der Waals surface area contributed by atoms with Crippen LogP contribution in [0.4, 0.5) is 0 Å². The first-order valence-corrected chi connectivity index (χ1v) is 5.55. The summed E-state index contributed by atoms with van der Waals surface area (Å²) in [5.41, 5.74) is 2.91. The molecule has 0 N–H and O–H groups in total. The molecule has 0 unspecified atom stereocenters. The Bertz CT molecular complexity index is 378. The van der Waals surface area contributed by atoms with Gasteiger partial charge in [0.1, 0.15) is 0 Å². The molecule has 0 aliphatic carbocycles. The van der Waals surface area contributed by atoms with Crippen LogP contribution in [0.3, 0.4) is 0 Å². The van der Waals surface area contributed by atoms with Crippen molar-refractivity contribution in [3.05, 3.63) is 47.5 Å². The SMILES string of the molecule is C=C(C)CN(CC)C(=O)c1ccc(C)cc1. The molecule has 0 spiro atoms. The van der Waals surface area contributed by atoms with E-state index >= 15 is 0 Å². The van der Waals surface area contributed by atoms with E-state index in [2.05, 4.69) is 6.58 Å². The quantitative estimate of drug-likeness (QED) is 0.710. The molecule has 0 aliphatic rings. The Hall–Kier alpha value is -1.57. The summed E-state index contributed by atoms with van der Waals surface area (Å²) in [7, 11) is 0. The van der Waals surface area contributed by atoms with E-state index in [0.717, 1.165) is 11.1 Å². The highest BCUT2D eigenvalue weighted by atomic mass is 16.2. The summed E-state index contributed by atoms with van der Waals surface area (Å²) >= 11 is 0. The largest absolute Gasteiger partial charge is 0.335 e. The number of carbonyl (C=O) groups excluding carboxylic acids is 1. The van der Waals surface area contributed by atoms with Gasteiger partial charge in [0.25, 0.3) is 5.91 Å². The zero-order chi connectivity index (χ0) is 12.1. The van der Waals surface area contributed by atoms with E-state index in [4.69, 9.17) is 0 Å². The number of carbonyl (C=O) groups is 1. The van der Waals surface area contributed by atoms with Gasteiger partial charge in [0.15, 0.2) is 0 Å². The summed E-state index contributed by atoms with van der Waals surface area (Å²) in [6.45, 7) is 11.1. The van der Waals surface area contributed by atoms with Gasteiger partial charge < -0.3 is 4.90 Å². The van der Waals surface area contributed by atoms with Gasteiger partial charge >= 0.3 is 0 Å². The highest BCUT2D eigenvalue weighted by Gasteiger charge is 2.13. The van der Waals surface area contributed by atoms with Crippen molar-refractivity contribution in [2.75, 3.05) is 13.1 Å². The summed E-state index contributed by atoms with van der Waals surface area (Å²) < 4.78 is 0. The molecular formula is C14H19NO. The van der Waals surface area contributed by atoms with Crippen LogP contribution in [0.15, 0.2) is 36.4 Å². The smallest absolute Gasteiger partial charge is 0.254 e. The van der Waals surface area contributed by atoms with E-state index in [-0.39, 0.29) is 5.91 Å². The van der Waals surface area contributed by atoms with Crippen LogP contribution in [0.2, 0.25) is 0 Å². The molecule has 0 atom stereocenters. The van der Waals surface area contributed by atoms with Gasteiger partial charge in [-0.1, -0.05) is 29.8 Å². The first-order valence-electron chi connectivity index (χ1n) is 5.55. The summed E-state index contributed by atoms with van der Waals surface area (Å²) in [5, 5.41) is 0. The van der Waals surface area contributed by atoms with Crippen LogP contribution in [-0.2, 0) is 0 Å². The molecule has 0 aromatic heterocycles. The molecule has 2 heteroatoms. The first-order chi connectivity index (χ1) is 7.54. The van der Waals surface area contributed by atoms with Gasteiger partial charge in [-0.25, -0.2) is 0 Å². The monoisotopic (exact) mass is 217 g/mol. The first kappa shape index (κ1) is 12.5. The Morgan fingerprint density at radius 3 is 2.31 bits per heavy atom. The van der Waals surface area contributed by atoms with Gasteiger partial charge in [-0.05, 0) is 32.9 Å². The van der Waals surface area contributed by atoms with Crippen LogP contribution < -0.4 is 0 Å².